The highest BCUT2D eigenvalue weighted by Gasteiger charge is 2.33. The fourth-order valence-electron chi connectivity index (χ4n) is 3.71. The van der Waals surface area contributed by atoms with Gasteiger partial charge < -0.3 is 9.64 Å². The van der Waals surface area contributed by atoms with Crippen LogP contribution in [0.25, 0.3) is 0 Å². The second-order valence-electron chi connectivity index (χ2n) is 7.59. The van der Waals surface area contributed by atoms with Crippen LogP contribution < -0.4 is 4.74 Å². The van der Waals surface area contributed by atoms with E-state index in [1.165, 1.54) is 28.6 Å². The second-order valence-corrected chi connectivity index (χ2v) is 9.52. The van der Waals surface area contributed by atoms with Crippen LogP contribution in [0.3, 0.4) is 0 Å². The van der Waals surface area contributed by atoms with Crippen molar-refractivity contribution in [1.29, 1.82) is 5.26 Å². The largest absolute Gasteiger partial charge is 0.494 e. The van der Waals surface area contributed by atoms with Gasteiger partial charge in [-0.05, 0) is 61.7 Å². The number of piperidine rings is 1. The lowest BCUT2D eigenvalue weighted by atomic mass is 9.96. The van der Waals surface area contributed by atoms with Gasteiger partial charge in [-0.25, -0.2) is 8.42 Å². The summed E-state index contributed by atoms with van der Waals surface area (Å²) >= 11 is 0. The molecule has 0 unspecified atom stereocenters. The van der Waals surface area contributed by atoms with Crippen LogP contribution in [0.1, 0.15) is 30.9 Å². The van der Waals surface area contributed by atoms with E-state index in [-0.39, 0.29) is 16.7 Å². The number of rotatable bonds is 7. The number of ether oxygens (including phenoxy) is 1. The Hall–Kier alpha value is -2.89. The summed E-state index contributed by atoms with van der Waals surface area (Å²) in [5.74, 6) is 0.639. The van der Waals surface area contributed by atoms with E-state index >= 15 is 0 Å². The highest BCUT2D eigenvalue weighted by Crippen LogP contribution is 2.25. The van der Waals surface area contributed by atoms with Gasteiger partial charge in [0.1, 0.15) is 5.75 Å². The van der Waals surface area contributed by atoms with Gasteiger partial charge in [-0.15, -0.1) is 0 Å². The van der Waals surface area contributed by atoms with Gasteiger partial charge in [-0.1, -0.05) is 12.1 Å². The Morgan fingerprint density at radius 2 is 1.74 bits per heavy atom. The zero-order valence-corrected chi connectivity index (χ0v) is 18.6. The van der Waals surface area contributed by atoms with E-state index in [1.54, 1.807) is 11.9 Å². The number of carbonyl (C=O) groups is 1. The van der Waals surface area contributed by atoms with E-state index in [2.05, 4.69) is 0 Å². The van der Waals surface area contributed by atoms with Crippen molar-refractivity contribution in [2.45, 2.75) is 31.2 Å². The van der Waals surface area contributed by atoms with Gasteiger partial charge in [0.2, 0.25) is 15.9 Å². The summed E-state index contributed by atoms with van der Waals surface area (Å²) in [6.45, 7) is 3.64. The summed E-state index contributed by atoms with van der Waals surface area (Å²) in [6.07, 6.45) is 0.976. The first kappa shape index (κ1) is 22.8. The SMILES string of the molecule is CCOc1ccc(CN(C)C(=O)C2CCN(S(=O)(=O)c3ccc(C#N)cc3)CC2)cc1. The molecule has 8 heteroatoms. The third kappa shape index (κ3) is 5.43. The van der Waals surface area contributed by atoms with Crippen LogP contribution in [-0.2, 0) is 21.4 Å². The van der Waals surface area contributed by atoms with Gasteiger partial charge in [0.15, 0.2) is 0 Å². The first-order valence-electron chi connectivity index (χ1n) is 10.3. The van der Waals surface area contributed by atoms with Crippen molar-refractivity contribution in [3.63, 3.8) is 0 Å². The Morgan fingerprint density at radius 1 is 1.13 bits per heavy atom. The monoisotopic (exact) mass is 441 g/mol. The van der Waals surface area contributed by atoms with E-state index in [0.717, 1.165) is 11.3 Å². The third-order valence-corrected chi connectivity index (χ3v) is 7.37. The molecule has 0 saturated carbocycles. The molecule has 0 aromatic heterocycles. The molecular weight excluding hydrogens is 414 g/mol. The lowest BCUT2D eigenvalue weighted by Gasteiger charge is -2.32. The molecule has 0 N–H and O–H groups in total. The van der Waals surface area contributed by atoms with Crippen LogP contribution in [0, 0.1) is 17.2 Å². The maximum Gasteiger partial charge on any atom is 0.243 e. The maximum atomic E-state index is 12.9. The fourth-order valence-corrected chi connectivity index (χ4v) is 5.18. The number of hydrogen-bond acceptors (Lipinski definition) is 5. The number of nitrogens with zero attached hydrogens (tertiary/aromatic N) is 3. The molecule has 1 fully saturated rings. The van der Waals surface area contributed by atoms with Crippen LogP contribution in [0.5, 0.6) is 5.75 Å². The Kier molecular flexibility index (Phi) is 7.31. The van der Waals surface area contributed by atoms with Crippen molar-refractivity contribution in [3.05, 3.63) is 59.7 Å². The minimum absolute atomic E-state index is 0.0318. The van der Waals surface area contributed by atoms with E-state index in [0.29, 0.717) is 44.6 Å². The molecular formula is C23H27N3O4S. The summed E-state index contributed by atoms with van der Waals surface area (Å²) in [6, 6.07) is 15.6. The molecule has 164 valence electrons. The van der Waals surface area contributed by atoms with Crippen LogP contribution in [-0.4, -0.2) is 50.3 Å². The third-order valence-electron chi connectivity index (χ3n) is 5.45. The quantitative estimate of drug-likeness (QED) is 0.659. The average Bonchev–Trinajstić information content (AvgIpc) is 2.80. The first-order valence-corrected chi connectivity index (χ1v) is 11.8. The van der Waals surface area contributed by atoms with Crippen LogP contribution >= 0.6 is 0 Å². The molecule has 1 aliphatic heterocycles. The van der Waals surface area contributed by atoms with E-state index in [1.807, 2.05) is 37.3 Å². The van der Waals surface area contributed by atoms with Gasteiger partial charge in [-0.3, -0.25) is 4.79 Å². The number of nitriles is 1. The van der Waals surface area contributed by atoms with Gasteiger partial charge >= 0.3 is 0 Å². The molecule has 0 radical (unpaired) electrons. The van der Waals surface area contributed by atoms with Crippen molar-refractivity contribution >= 4 is 15.9 Å². The molecule has 3 rings (SSSR count). The standard InChI is InChI=1S/C23H27N3O4S/c1-3-30-21-8-4-19(5-9-21)17-25(2)23(27)20-12-14-26(15-13-20)31(28,29)22-10-6-18(16-24)7-11-22/h4-11,20H,3,12-15,17H2,1-2H3. The average molecular weight is 442 g/mol. The highest BCUT2D eigenvalue weighted by molar-refractivity contribution is 7.89. The molecule has 1 heterocycles. The number of benzene rings is 2. The van der Waals surface area contributed by atoms with E-state index in [4.69, 9.17) is 10.00 Å². The molecule has 0 spiro atoms. The minimum Gasteiger partial charge on any atom is -0.494 e. The van der Waals surface area contributed by atoms with Crippen molar-refractivity contribution in [2.75, 3.05) is 26.7 Å². The summed E-state index contributed by atoms with van der Waals surface area (Å²) < 4.78 is 32.6. The zero-order chi connectivity index (χ0) is 22.4. The van der Waals surface area contributed by atoms with Gasteiger partial charge in [0, 0.05) is 32.6 Å². The molecule has 2 aromatic carbocycles. The molecule has 0 aliphatic carbocycles. The molecule has 7 nitrogen and oxygen atoms in total. The van der Waals surface area contributed by atoms with Crippen LogP contribution in [0.15, 0.2) is 53.4 Å². The first-order chi connectivity index (χ1) is 14.8. The van der Waals surface area contributed by atoms with Crippen molar-refractivity contribution in [1.82, 2.24) is 9.21 Å². The Labute approximate surface area is 183 Å². The topological polar surface area (TPSA) is 90.7 Å². The number of sulfonamides is 1. The summed E-state index contributed by atoms with van der Waals surface area (Å²) in [7, 11) is -1.85. The molecule has 31 heavy (non-hydrogen) atoms. The Balaban J connectivity index is 1.56. The lowest BCUT2D eigenvalue weighted by Crippen LogP contribution is -2.43. The van der Waals surface area contributed by atoms with Gasteiger partial charge in [-0.2, -0.15) is 9.57 Å². The van der Waals surface area contributed by atoms with Gasteiger partial charge in [0.05, 0.1) is 23.1 Å². The lowest BCUT2D eigenvalue weighted by molar-refractivity contribution is -0.135. The second kappa shape index (κ2) is 9.94. The molecule has 0 bridgehead atoms. The predicted octanol–water partition coefficient (Wildman–Crippen LogP) is 3.02. The summed E-state index contributed by atoms with van der Waals surface area (Å²) in [4.78, 5) is 14.7. The smallest absolute Gasteiger partial charge is 0.243 e. The van der Waals surface area contributed by atoms with Crippen LogP contribution in [0.4, 0.5) is 0 Å². The predicted molar refractivity (Wildman–Crippen MR) is 117 cm³/mol. The summed E-state index contributed by atoms with van der Waals surface area (Å²) in [5.41, 5.74) is 1.43. The maximum absolute atomic E-state index is 12.9. The number of carbonyl (C=O) groups excluding carboxylic acids is 1. The van der Waals surface area contributed by atoms with Crippen molar-refractivity contribution in [3.8, 4) is 11.8 Å². The highest BCUT2D eigenvalue weighted by atomic mass is 32.2. The van der Waals surface area contributed by atoms with Crippen molar-refractivity contribution < 1.29 is 17.9 Å². The molecule has 1 saturated heterocycles. The summed E-state index contributed by atoms with van der Waals surface area (Å²) in [5, 5.41) is 8.88. The zero-order valence-electron chi connectivity index (χ0n) is 17.8. The molecule has 1 aliphatic rings. The Bertz CT molecular complexity index is 1040. The molecule has 1 amide bonds. The Morgan fingerprint density at radius 3 is 2.29 bits per heavy atom. The van der Waals surface area contributed by atoms with Crippen molar-refractivity contribution in [2.24, 2.45) is 5.92 Å². The number of hydrogen-bond donors (Lipinski definition) is 0. The molecule has 0 atom stereocenters. The van der Waals surface area contributed by atoms with Gasteiger partial charge in [0.25, 0.3) is 0 Å². The molecule has 2 aromatic rings. The van der Waals surface area contributed by atoms with E-state index in [9.17, 15) is 13.2 Å². The minimum atomic E-state index is -3.63. The normalized spacial score (nSPS) is 15.3. The van der Waals surface area contributed by atoms with E-state index < -0.39 is 10.0 Å². The fraction of sp³-hybridized carbons (Fsp3) is 0.391. The number of amides is 1. The van der Waals surface area contributed by atoms with Crippen LogP contribution in [0.2, 0.25) is 0 Å².